The van der Waals surface area contributed by atoms with Crippen LogP contribution in [0.5, 0.6) is 0 Å². The summed E-state index contributed by atoms with van der Waals surface area (Å²) < 4.78 is 38.7. The van der Waals surface area contributed by atoms with Crippen LogP contribution in [-0.2, 0) is 4.74 Å². The van der Waals surface area contributed by atoms with E-state index in [1.807, 2.05) is 0 Å². The molecule has 0 aromatic carbocycles. The van der Waals surface area contributed by atoms with Gasteiger partial charge in [-0.2, -0.15) is 0 Å². The van der Waals surface area contributed by atoms with Gasteiger partial charge in [-0.15, -0.1) is 13.2 Å². The van der Waals surface area contributed by atoms with Gasteiger partial charge in [0.1, 0.15) is 6.10 Å². The fourth-order valence-electron chi connectivity index (χ4n) is 0.693. The second-order valence-corrected chi connectivity index (χ2v) is 2.48. The molecule has 0 bridgehead atoms. The van der Waals surface area contributed by atoms with E-state index in [1.165, 1.54) is 18.2 Å². The van der Waals surface area contributed by atoms with Crippen LogP contribution in [0.25, 0.3) is 0 Å². The van der Waals surface area contributed by atoms with E-state index >= 15 is 0 Å². The van der Waals surface area contributed by atoms with Gasteiger partial charge in [0.05, 0.1) is 4.86 Å². The van der Waals surface area contributed by atoms with Crippen LogP contribution < -0.4 is 0 Å². The number of halogens is 3. The number of thiocarbonyl (C=S) groups is 1. The lowest BCUT2D eigenvalue weighted by atomic mass is 10.1. The van der Waals surface area contributed by atoms with E-state index in [2.05, 4.69) is 23.0 Å². The van der Waals surface area contributed by atoms with Crippen molar-refractivity contribution in [2.45, 2.75) is 12.5 Å². The topological polar surface area (TPSA) is 9.23 Å². The Kier molecular flexibility index (Phi) is 2.64. The predicted octanol–water partition coefficient (Wildman–Crippen LogP) is 2.19. The van der Waals surface area contributed by atoms with Gasteiger partial charge in [0.25, 0.3) is 0 Å². The molecular weight excluding hydrogens is 189 g/mol. The highest BCUT2D eigenvalue weighted by molar-refractivity contribution is 7.80. The molecule has 1 atom stereocenters. The van der Waals surface area contributed by atoms with Gasteiger partial charge in [0, 0.05) is 0 Å². The fourth-order valence-corrected chi connectivity index (χ4v) is 0.888. The molecule has 1 rings (SSSR count). The van der Waals surface area contributed by atoms with Gasteiger partial charge in [-0.25, -0.2) is 0 Å². The summed E-state index contributed by atoms with van der Waals surface area (Å²) in [6.45, 7) is 0. The molecule has 1 nitrogen and oxygen atoms in total. The molecule has 1 unspecified atom stereocenters. The Morgan fingerprint density at radius 3 is 2.67 bits per heavy atom. The molecule has 0 saturated heterocycles. The predicted molar refractivity (Wildman–Crippen MR) is 40.5 cm³/mol. The monoisotopic (exact) mass is 193 g/mol. The number of rotatable bonds is 1. The first kappa shape index (κ1) is 9.41. The summed E-state index contributed by atoms with van der Waals surface area (Å²) in [6.07, 6.45) is 0.671. The van der Waals surface area contributed by atoms with E-state index in [-0.39, 0.29) is 4.86 Å². The normalized spacial score (nSPS) is 23.2. The minimum atomic E-state index is -4.65. The number of hydrogen-bond acceptors (Lipinski definition) is 2. The third-order valence-corrected chi connectivity index (χ3v) is 1.48. The largest absolute Gasteiger partial charge is 0.523 e. The number of hydrogen-bond donors (Lipinski definition) is 0. The van der Waals surface area contributed by atoms with E-state index < -0.39 is 12.5 Å². The standard InChI is InChI=1S/C7H4F3OS/c8-7(9,10)11-5-3-1-2-4-6(5)12/h1-3,5H. The smallest absolute Gasteiger partial charge is 0.279 e. The molecule has 12 heavy (non-hydrogen) atoms. The van der Waals surface area contributed by atoms with Crippen LogP contribution in [0.2, 0.25) is 0 Å². The van der Waals surface area contributed by atoms with Crippen molar-refractivity contribution in [2.75, 3.05) is 0 Å². The minimum Gasteiger partial charge on any atom is -0.279 e. The Morgan fingerprint density at radius 2 is 2.17 bits per heavy atom. The molecule has 5 heteroatoms. The Morgan fingerprint density at radius 1 is 1.50 bits per heavy atom. The maximum Gasteiger partial charge on any atom is 0.523 e. The van der Waals surface area contributed by atoms with Crippen molar-refractivity contribution < 1.29 is 17.9 Å². The minimum absolute atomic E-state index is 0.00910. The third kappa shape index (κ3) is 2.75. The van der Waals surface area contributed by atoms with E-state index in [9.17, 15) is 13.2 Å². The Bertz CT molecular complexity index is 242. The zero-order valence-corrected chi connectivity index (χ0v) is 6.58. The van der Waals surface area contributed by atoms with Crippen LogP contribution in [0.4, 0.5) is 13.2 Å². The van der Waals surface area contributed by atoms with Gasteiger partial charge in [-0.05, 0) is 6.08 Å². The van der Waals surface area contributed by atoms with Gasteiger partial charge >= 0.3 is 6.36 Å². The molecule has 0 aliphatic heterocycles. The highest BCUT2D eigenvalue weighted by Gasteiger charge is 2.34. The SMILES string of the molecule is FC(F)(F)OC1C=CC=[C]C1=S. The van der Waals surface area contributed by atoms with Crippen molar-refractivity contribution in [3.63, 3.8) is 0 Å². The third-order valence-electron chi connectivity index (χ3n) is 1.13. The molecule has 0 N–H and O–H groups in total. The van der Waals surface area contributed by atoms with Crippen molar-refractivity contribution in [1.82, 2.24) is 0 Å². The first-order valence-electron chi connectivity index (χ1n) is 3.04. The van der Waals surface area contributed by atoms with E-state index in [4.69, 9.17) is 0 Å². The molecule has 0 saturated carbocycles. The quantitative estimate of drug-likeness (QED) is 0.590. The summed E-state index contributed by atoms with van der Waals surface area (Å²) in [5.41, 5.74) is 0. The highest BCUT2D eigenvalue weighted by atomic mass is 32.1. The molecule has 0 fully saturated rings. The highest BCUT2D eigenvalue weighted by Crippen LogP contribution is 2.21. The molecule has 0 aromatic rings. The zero-order chi connectivity index (χ0) is 9.19. The lowest BCUT2D eigenvalue weighted by molar-refractivity contribution is -0.327. The number of allylic oxidation sites excluding steroid dienone is 2. The lowest BCUT2D eigenvalue weighted by Gasteiger charge is -2.16. The molecule has 65 valence electrons. The second-order valence-electron chi connectivity index (χ2n) is 2.04. The maximum atomic E-state index is 11.7. The Labute approximate surface area is 72.5 Å². The van der Waals surface area contributed by atoms with Gasteiger partial charge in [0.15, 0.2) is 0 Å². The van der Waals surface area contributed by atoms with Gasteiger partial charge < -0.3 is 0 Å². The molecule has 0 aromatic heterocycles. The molecule has 1 aliphatic rings. The summed E-state index contributed by atoms with van der Waals surface area (Å²) >= 11 is 4.58. The summed E-state index contributed by atoms with van der Waals surface area (Å²) in [5, 5.41) is 0. The van der Waals surface area contributed by atoms with Crippen LogP contribution in [0.15, 0.2) is 18.2 Å². The first-order valence-corrected chi connectivity index (χ1v) is 3.45. The average molecular weight is 193 g/mol. The molecular formula is C7H4F3OS. The zero-order valence-electron chi connectivity index (χ0n) is 5.76. The van der Waals surface area contributed by atoms with Crippen LogP contribution >= 0.6 is 12.2 Å². The van der Waals surface area contributed by atoms with Crippen LogP contribution in [0.1, 0.15) is 0 Å². The summed E-state index contributed by atoms with van der Waals surface area (Å²) in [6, 6.07) is 0. The van der Waals surface area contributed by atoms with Crippen molar-refractivity contribution in [3.8, 4) is 0 Å². The van der Waals surface area contributed by atoms with Crippen molar-refractivity contribution in [2.24, 2.45) is 0 Å². The summed E-state index contributed by atoms with van der Waals surface area (Å²) in [4.78, 5) is 0.00910. The van der Waals surface area contributed by atoms with Gasteiger partial charge in [-0.3, -0.25) is 4.74 Å². The first-order chi connectivity index (χ1) is 5.49. The van der Waals surface area contributed by atoms with Crippen LogP contribution in [0.3, 0.4) is 0 Å². The fraction of sp³-hybridized carbons (Fsp3) is 0.286. The van der Waals surface area contributed by atoms with E-state index in [0.29, 0.717) is 0 Å². The lowest BCUT2D eigenvalue weighted by Crippen LogP contribution is -2.28. The van der Waals surface area contributed by atoms with Crippen molar-refractivity contribution >= 4 is 17.1 Å². The molecule has 1 aliphatic carbocycles. The molecule has 0 heterocycles. The van der Waals surface area contributed by atoms with Gasteiger partial charge in [-0.1, -0.05) is 30.4 Å². The summed E-state index contributed by atoms with van der Waals surface area (Å²) in [5.74, 6) is 0. The van der Waals surface area contributed by atoms with Gasteiger partial charge in [0.2, 0.25) is 0 Å². The van der Waals surface area contributed by atoms with Crippen LogP contribution in [0, 0.1) is 6.08 Å². The molecule has 1 radical (unpaired) electrons. The van der Waals surface area contributed by atoms with Crippen molar-refractivity contribution in [1.29, 1.82) is 0 Å². The van der Waals surface area contributed by atoms with Crippen LogP contribution in [-0.4, -0.2) is 17.3 Å². The van der Waals surface area contributed by atoms with Crippen molar-refractivity contribution in [3.05, 3.63) is 24.3 Å². The molecule has 0 amide bonds. The molecule has 0 spiro atoms. The second kappa shape index (κ2) is 3.37. The average Bonchev–Trinajstić information content (AvgIpc) is 1.91. The number of ether oxygens (including phenoxy) is 1. The number of alkyl halides is 3. The maximum absolute atomic E-state index is 11.7. The summed E-state index contributed by atoms with van der Waals surface area (Å²) in [7, 11) is 0. The van der Waals surface area contributed by atoms with E-state index in [1.54, 1.807) is 0 Å². The van der Waals surface area contributed by atoms with E-state index in [0.717, 1.165) is 0 Å². The Hall–Kier alpha value is -0.680. The Balaban J connectivity index is 2.59.